The van der Waals surface area contributed by atoms with E-state index in [4.69, 9.17) is 0 Å². The van der Waals surface area contributed by atoms with Crippen LogP contribution in [0.2, 0.25) is 0 Å². The molecule has 1 aliphatic heterocycles. The van der Waals surface area contributed by atoms with Gasteiger partial charge in [-0.15, -0.1) is 11.3 Å². The number of nitrogens with zero attached hydrogens (tertiary/aromatic N) is 2. The van der Waals surface area contributed by atoms with Crippen LogP contribution in [0.15, 0.2) is 0 Å². The van der Waals surface area contributed by atoms with Crippen molar-refractivity contribution in [1.82, 2.24) is 4.90 Å². The Morgan fingerprint density at radius 3 is 2.60 bits per heavy atom. The molecule has 2 aliphatic rings. The van der Waals surface area contributed by atoms with Gasteiger partial charge in [0.05, 0.1) is 11.6 Å². The molecule has 4 nitrogen and oxygen atoms in total. The van der Waals surface area contributed by atoms with Crippen LogP contribution in [-0.4, -0.2) is 29.9 Å². The van der Waals surface area contributed by atoms with Crippen molar-refractivity contribution >= 4 is 22.2 Å². The lowest BCUT2D eigenvalue weighted by molar-refractivity contribution is -0.121. The summed E-state index contributed by atoms with van der Waals surface area (Å²) >= 11 is 1.62. The quantitative estimate of drug-likeness (QED) is 0.823. The van der Waals surface area contributed by atoms with E-state index in [-0.39, 0.29) is 11.9 Å². The zero-order valence-corrected chi connectivity index (χ0v) is 16.4. The molecule has 2 heterocycles. The molecule has 136 valence electrons. The predicted octanol–water partition coefficient (Wildman–Crippen LogP) is 4.19. The number of hydrogen-bond acceptors (Lipinski definition) is 4. The summed E-state index contributed by atoms with van der Waals surface area (Å²) in [5.74, 6) is 1.28. The smallest absolute Gasteiger partial charge is 0.242 e. The molecule has 25 heavy (non-hydrogen) atoms. The molecule has 1 aromatic rings. The van der Waals surface area contributed by atoms with Gasteiger partial charge in [0.2, 0.25) is 5.91 Å². The number of anilines is 1. The van der Waals surface area contributed by atoms with Crippen molar-refractivity contribution in [2.24, 2.45) is 11.8 Å². The van der Waals surface area contributed by atoms with Gasteiger partial charge >= 0.3 is 0 Å². The molecule has 1 amide bonds. The molecule has 1 aliphatic carbocycles. The van der Waals surface area contributed by atoms with E-state index >= 15 is 0 Å². The number of nitrogens with one attached hydrogen (secondary N) is 1. The molecule has 5 heteroatoms. The fourth-order valence-corrected chi connectivity index (χ4v) is 5.60. The molecule has 3 atom stereocenters. The van der Waals surface area contributed by atoms with E-state index in [1.54, 1.807) is 11.3 Å². The molecule has 1 fully saturated rings. The Bertz CT molecular complexity index is 665. The first kappa shape index (κ1) is 18.4. The van der Waals surface area contributed by atoms with Gasteiger partial charge in [0.15, 0.2) is 0 Å². The second kappa shape index (κ2) is 7.88. The Balaban J connectivity index is 1.73. The highest BCUT2D eigenvalue weighted by Gasteiger charge is 2.30. The molecular formula is C20H29N3OS. The van der Waals surface area contributed by atoms with Crippen LogP contribution in [0.5, 0.6) is 0 Å². The highest BCUT2D eigenvalue weighted by atomic mass is 32.1. The zero-order chi connectivity index (χ0) is 18.0. The minimum absolute atomic E-state index is 0.0224. The molecule has 1 N–H and O–H groups in total. The number of aryl methyl sites for hydroxylation is 1. The minimum atomic E-state index is -0.154. The molecule has 0 saturated carbocycles. The standard InChI is InChI=1S/C20H29N3OS/c1-13-9-14(2)12-23(11-13)15(3)19(24)22-20-17(10-21)16-7-5-4-6-8-18(16)25-20/h13-15H,4-9,11-12H2,1-3H3,(H,22,24)/t13-,14-,15-/m0/s1. The number of nitriles is 1. The van der Waals surface area contributed by atoms with Gasteiger partial charge in [-0.25, -0.2) is 0 Å². The third-order valence-electron chi connectivity index (χ3n) is 5.59. The van der Waals surface area contributed by atoms with Gasteiger partial charge in [0, 0.05) is 18.0 Å². The molecule has 1 aromatic heterocycles. The summed E-state index contributed by atoms with van der Waals surface area (Å²) in [6.45, 7) is 8.47. The topological polar surface area (TPSA) is 56.1 Å². The second-order valence-electron chi connectivity index (χ2n) is 7.95. The Morgan fingerprint density at radius 2 is 1.92 bits per heavy atom. The van der Waals surface area contributed by atoms with Gasteiger partial charge < -0.3 is 5.32 Å². The Labute approximate surface area is 155 Å². The van der Waals surface area contributed by atoms with Gasteiger partial charge in [0.1, 0.15) is 11.1 Å². The summed E-state index contributed by atoms with van der Waals surface area (Å²) < 4.78 is 0. The fraction of sp³-hybridized carbons (Fsp3) is 0.700. The van der Waals surface area contributed by atoms with Crippen molar-refractivity contribution in [3.63, 3.8) is 0 Å². The maximum atomic E-state index is 12.8. The molecule has 0 aromatic carbocycles. The third-order valence-corrected chi connectivity index (χ3v) is 6.80. The van der Waals surface area contributed by atoms with Crippen molar-refractivity contribution in [3.05, 3.63) is 16.0 Å². The Kier molecular flexibility index (Phi) is 5.81. The van der Waals surface area contributed by atoms with E-state index in [2.05, 4.69) is 30.1 Å². The van der Waals surface area contributed by atoms with E-state index in [0.29, 0.717) is 17.4 Å². The summed E-state index contributed by atoms with van der Waals surface area (Å²) in [6.07, 6.45) is 6.82. The number of piperidine rings is 1. The van der Waals surface area contributed by atoms with Crippen LogP contribution in [0.4, 0.5) is 5.00 Å². The lowest BCUT2D eigenvalue weighted by atomic mass is 9.91. The second-order valence-corrected chi connectivity index (χ2v) is 9.05. The predicted molar refractivity (Wildman–Crippen MR) is 103 cm³/mol. The van der Waals surface area contributed by atoms with Crippen molar-refractivity contribution in [1.29, 1.82) is 5.26 Å². The van der Waals surface area contributed by atoms with Crippen LogP contribution in [-0.2, 0) is 17.6 Å². The Morgan fingerprint density at radius 1 is 1.24 bits per heavy atom. The number of carbonyl (C=O) groups excluding carboxylic acids is 1. The third kappa shape index (κ3) is 4.07. The van der Waals surface area contributed by atoms with Crippen LogP contribution in [0.1, 0.15) is 62.5 Å². The van der Waals surface area contributed by atoms with Crippen molar-refractivity contribution < 1.29 is 4.79 Å². The number of fused-ring (bicyclic) bond motifs is 1. The van der Waals surface area contributed by atoms with Gasteiger partial charge in [-0.1, -0.05) is 20.3 Å². The van der Waals surface area contributed by atoms with Crippen LogP contribution in [0.25, 0.3) is 0 Å². The van der Waals surface area contributed by atoms with Gasteiger partial charge in [-0.3, -0.25) is 9.69 Å². The molecule has 1 saturated heterocycles. The summed E-state index contributed by atoms with van der Waals surface area (Å²) in [5, 5.41) is 13.5. The number of likely N-dealkylation sites (tertiary alicyclic amines) is 1. The van der Waals surface area contributed by atoms with Crippen molar-refractivity contribution in [2.45, 2.75) is 65.3 Å². The number of rotatable bonds is 3. The first-order valence-electron chi connectivity index (χ1n) is 9.59. The van der Waals surface area contributed by atoms with E-state index < -0.39 is 0 Å². The van der Waals surface area contributed by atoms with E-state index in [0.717, 1.165) is 37.4 Å². The minimum Gasteiger partial charge on any atom is -0.315 e. The maximum Gasteiger partial charge on any atom is 0.242 e. The average Bonchev–Trinajstić information content (AvgIpc) is 2.73. The summed E-state index contributed by atoms with van der Waals surface area (Å²) in [4.78, 5) is 16.4. The van der Waals surface area contributed by atoms with Crippen molar-refractivity contribution in [3.8, 4) is 6.07 Å². The number of thiophene rings is 1. The summed E-state index contributed by atoms with van der Waals surface area (Å²) in [5.41, 5.74) is 1.90. The number of amides is 1. The fourth-order valence-electron chi connectivity index (χ4n) is 4.36. The number of carbonyl (C=O) groups is 1. The monoisotopic (exact) mass is 359 g/mol. The molecule has 0 spiro atoms. The molecule has 3 rings (SSSR count). The highest BCUT2D eigenvalue weighted by Crippen LogP contribution is 2.37. The maximum absolute atomic E-state index is 12.8. The number of hydrogen-bond donors (Lipinski definition) is 1. The molecule has 0 radical (unpaired) electrons. The largest absolute Gasteiger partial charge is 0.315 e. The van der Waals surface area contributed by atoms with Gasteiger partial charge in [0.25, 0.3) is 0 Å². The SMILES string of the molecule is C[C@H]1C[C@H](C)CN([C@@H](C)C(=O)Nc2sc3c(c2C#N)CCCCC3)C1. The highest BCUT2D eigenvalue weighted by molar-refractivity contribution is 7.16. The van der Waals surface area contributed by atoms with E-state index in [1.165, 1.54) is 29.7 Å². The first-order valence-corrected chi connectivity index (χ1v) is 10.4. The van der Waals surface area contributed by atoms with Crippen LogP contribution in [0, 0.1) is 23.2 Å². The summed E-state index contributed by atoms with van der Waals surface area (Å²) in [6, 6.07) is 2.20. The summed E-state index contributed by atoms with van der Waals surface area (Å²) in [7, 11) is 0. The Hall–Kier alpha value is -1.38. The molecule has 0 unspecified atom stereocenters. The molecule has 0 bridgehead atoms. The molecular weight excluding hydrogens is 330 g/mol. The van der Waals surface area contributed by atoms with Crippen LogP contribution >= 0.6 is 11.3 Å². The average molecular weight is 360 g/mol. The van der Waals surface area contributed by atoms with E-state index in [9.17, 15) is 10.1 Å². The van der Waals surface area contributed by atoms with Crippen LogP contribution in [0.3, 0.4) is 0 Å². The van der Waals surface area contributed by atoms with E-state index in [1.807, 2.05) is 6.92 Å². The first-order chi connectivity index (χ1) is 12.0. The lowest BCUT2D eigenvalue weighted by Crippen LogP contribution is -2.48. The zero-order valence-electron chi connectivity index (χ0n) is 15.6. The van der Waals surface area contributed by atoms with Crippen molar-refractivity contribution in [2.75, 3.05) is 18.4 Å². The van der Waals surface area contributed by atoms with Gasteiger partial charge in [-0.05, 0) is 56.4 Å². The lowest BCUT2D eigenvalue weighted by Gasteiger charge is -2.38. The van der Waals surface area contributed by atoms with Gasteiger partial charge in [-0.2, -0.15) is 5.26 Å². The normalized spacial score (nSPS) is 25.5. The van der Waals surface area contributed by atoms with Crippen LogP contribution < -0.4 is 5.32 Å².